The van der Waals surface area contributed by atoms with Crippen LogP contribution in [0.25, 0.3) is 16.9 Å². The standard InChI is InChI=1S/C27H32N8O3/c1-33(2)15-20-16-34(9-11-37-20)23-5-4-19(13-24(23)36-3)31-25-26-29-6-8-35(26)17-22(32-25)18-12-21-27(30-14-18)38-10-7-28-21/h4-6,8,12-14,17,20,28H,7,9-11,15-16H2,1-3H3,(H,31,32). The zero-order valence-electron chi connectivity index (χ0n) is 21.8. The lowest BCUT2D eigenvalue weighted by atomic mass is 10.2. The first-order chi connectivity index (χ1) is 18.6. The number of fused-ring (bicyclic) bond motifs is 2. The molecule has 0 radical (unpaired) electrons. The minimum atomic E-state index is 0.154. The molecule has 0 amide bonds. The number of hydrogen-bond donors (Lipinski definition) is 2. The van der Waals surface area contributed by atoms with Gasteiger partial charge in [-0.1, -0.05) is 0 Å². The molecule has 3 aromatic heterocycles. The second-order valence-electron chi connectivity index (χ2n) is 9.70. The summed E-state index contributed by atoms with van der Waals surface area (Å²) in [4.78, 5) is 18.4. The van der Waals surface area contributed by atoms with Crippen LogP contribution in [0.2, 0.25) is 0 Å². The van der Waals surface area contributed by atoms with E-state index in [0.29, 0.717) is 24.9 Å². The van der Waals surface area contributed by atoms with Crippen molar-refractivity contribution in [3.05, 3.63) is 49.1 Å². The van der Waals surface area contributed by atoms with Crippen molar-refractivity contribution in [2.45, 2.75) is 6.10 Å². The van der Waals surface area contributed by atoms with E-state index in [4.69, 9.17) is 19.2 Å². The molecule has 0 bridgehead atoms. The number of nitrogens with zero attached hydrogens (tertiary/aromatic N) is 6. The Morgan fingerprint density at radius 2 is 2.13 bits per heavy atom. The predicted octanol–water partition coefficient (Wildman–Crippen LogP) is 3.11. The van der Waals surface area contributed by atoms with Crippen LogP contribution < -0.4 is 25.0 Å². The van der Waals surface area contributed by atoms with E-state index in [0.717, 1.165) is 65.9 Å². The summed E-state index contributed by atoms with van der Waals surface area (Å²) in [6.07, 6.45) is 7.56. The molecule has 0 saturated carbocycles. The molecule has 6 rings (SSSR count). The topological polar surface area (TPSA) is 101 Å². The average Bonchev–Trinajstić information content (AvgIpc) is 3.42. The van der Waals surface area contributed by atoms with Gasteiger partial charge in [-0.05, 0) is 32.3 Å². The number of aromatic nitrogens is 4. The largest absolute Gasteiger partial charge is 0.495 e. The maximum absolute atomic E-state index is 5.96. The zero-order chi connectivity index (χ0) is 26.1. The predicted molar refractivity (Wildman–Crippen MR) is 147 cm³/mol. The molecule has 11 heteroatoms. The van der Waals surface area contributed by atoms with Crippen molar-refractivity contribution in [3.63, 3.8) is 0 Å². The molecule has 0 spiro atoms. The van der Waals surface area contributed by atoms with Crippen LogP contribution in [-0.4, -0.2) is 91.0 Å². The van der Waals surface area contributed by atoms with Crippen molar-refractivity contribution in [1.82, 2.24) is 24.3 Å². The summed E-state index contributed by atoms with van der Waals surface area (Å²) < 4.78 is 19.4. The molecule has 2 aliphatic heterocycles. The first-order valence-corrected chi connectivity index (χ1v) is 12.7. The van der Waals surface area contributed by atoms with Gasteiger partial charge in [-0.25, -0.2) is 15.0 Å². The summed E-state index contributed by atoms with van der Waals surface area (Å²) in [5.74, 6) is 2.05. The third kappa shape index (κ3) is 4.90. The molecular weight excluding hydrogens is 484 g/mol. The first-order valence-electron chi connectivity index (χ1n) is 12.7. The Kier molecular flexibility index (Phi) is 6.61. The SMILES string of the molecule is COc1cc(Nc2nc(-c3cnc4c(c3)NCCO4)cn3ccnc23)ccc1N1CCOC(CN(C)C)C1. The number of morpholine rings is 1. The van der Waals surface area contributed by atoms with Gasteiger partial charge in [0.25, 0.3) is 0 Å². The molecule has 38 heavy (non-hydrogen) atoms. The van der Waals surface area contributed by atoms with Crippen LogP contribution in [-0.2, 0) is 4.74 Å². The molecule has 0 aliphatic carbocycles. The third-order valence-electron chi connectivity index (χ3n) is 6.67. The van der Waals surface area contributed by atoms with Gasteiger partial charge in [0.05, 0.1) is 36.9 Å². The van der Waals surface area contributed by atoms with Gasteiger partial charge in [-0.3, -0.25) is 0 Å². The van der Waals surface area contributed by atoms with Crippen LogP contribution >= 0.6 is 0 Å². The summed E-state index contributed by atoms with van der Waals surface area (Å²) in [5.41, 5.74) is 5.15. The Morgan fingerprint density at radius 3 is 3.00 bits per heavy atom. The molecule has 1 atom stereocenters. The minimum absolute atomic E-state index is 0.154. The molecule has 1 saturated heterocycles. The van der Waals surface area contributed by atoms with Crippen molar-refractivity contribution in [3.8, 4) is 22.9 Å². The highest BCUT2D eigenvalue weighted by Gasteiger charge is 2.24. The first kappa shape index (κ1) is 24.3. The van der Waals surface area contributed by atoms with Gasteiger partial charge in [-0.15, -0.1) is 0 Å². The van der Waals surface area contributed by atoms with Crippen LogP contribution in [0.5, 0.6) is 11.6 Å². The molecule has 5 heterocycles. The van der Waals surface area contributed by atoms with Crippen LogP contribution in [0, 0.1) is 0 Å². The highest BCUT2D eigenvalue weighted by Crippen LogP contribution is 2.35. The molecular formula is C27H32N8O3. The van der Waals surface area contributed by atoms with Crippen LogP contribution in [0.15, 0.2) is 49.1 Å². The summed E-state index contributed by atoms with van der Waals surface area (Å²) >= 11 is 0. The second-order valence-corrected chi connectivity index (χ2v) is 9.70. The number of methoxy groups -OCH3 is 1. The van der Waals surface area contributed by atoms with E-state index in [9.17, 15) is 0 Å². The number of nitrogens with one attached hydrogen (secondary N) is 2. The molecule has 1 unspecified atom stereocenters. The van der Waals surface area contributed by atoms with E-state index in [1.807, 2.05) is 35.0 Å². The van der Waals surface area contributed by atoms with Gasteiger partial charge in [-0.2, -0.15) is 0 Å². The number of pyridine rings is 1. The van der Waals surface area contributed by atoms with Crippen molar-refractivity contribution in [2.24, 2.45) is 0 Å². The smallest absolute Gasteiger partial charge is 0.237 e. The van der Waals surface area contributed by atoms with E-state index >= 15 is 0 Å². The average molecular weight is 517 g/mol. The molecule has 11 nitrogen and oxygen atoms in total. The Balaban J connectivity index is 1.29. The highest BCUT2D eigenvalue weighted by molar-refractivity contribution is 5.77. The van der Waals surface area contributed by atoms with Gasteiger partial charge in [0.15, 0.2) is 11.5 Å². The fourth-order valence-electron chi connectivity index (χ4n) is 4.93. The fraction of sp³-hybridized carbons (Fsp3) is 0.370. The number of imidazole rings is 1. The number of likely N-dealkylation sites (N-methyl/N-ethyl adjacent to an activating group) is 1. The van der Waals surface area contributed by atoms with Gasteiger partial charge in [0.2, 0.25) is 5.88 Å². The van der Waals surface area contributed by atoms with E-state index in [1.54, 1.807) is 19.5 Å². The molecule has 198 valence electrons. The summed E-state index contributed by atoms with van der Waals surface area (Å²) in [5, 5.41) is 6.80. The molecule has 1 fully saturated rings. The molecule has 4 aromatic rings. The molecule has 2 N–H and O–H groups in total. The van der Waals surface area contributed by atoms with Gasteiger partial charge in [0, 0.05) is 68.3 Å². The number of hydrogen-bond acceptors (Lipinski definition) is 10. The van der Waals surface area contributed by atoms with E-state index in [-0.39, 0.29) is 6.10 Å². The zero-order valence-corrected chi connectivity index (χ0v) is 21.8. The number of benzene rings is 1. The van der Waals surface area contributed by atoms with Gasteiger partial charge in [0.1, 0.15) is 12.4 Å². The van der Waals surface area contributed by atoms with Crippen LogP contribution in [0.1, 0.15) is 0 Å². The van der Waals surface area contributed by atoms with Crippen LogP contribution in [0.3, 0.4) is 0 Å². The Labute approximate surface area is 221 Å². The van der Waals surface area contributed by atoms with Crippen molar-refractivity contribution >= 4 is 28.5 Å². The third-order valence-corrected chi connectivity index (χ3v) is 6.67. The summed E-state index contributed by atoms with van der Waals surface area (Å²) in [7, 11) is 5.83. The summed E-state index contributed by atoms with van der Waals surface area (Å²) in [6.45, 7) is 4.56. The molecule has 1 aromatic carbocycles. The lowest BCUT2D eigenvalue weighted by Crippen LogP contribution is -2.46. The number of rotatable bonds is 7. The van der Waals surface area contributed by atoms with Crippen LogP contribution in [0.4, 0.5) is 22.9 Å². The maximum Gasteiger partial charge on any atom is 0.237 e. The number of ether oxygens (including phenoxy) is 3. The van der Waals surface area contributed by atoms with Gasteiger partial charge < -0.3 is 39.0 Å². The quantitative estimate of drug-likeness (QED) is 0.381. The highest BCUT2D eigenvalue weighted by atomic mass is 16.5. The Hall–Kier alpha value is -4.09. The normalized spacial score (nSPS) is 17.2. The fourth-order valence-corrected chi connectivity index (χ4v) is 4.93. The van der Waals surface area contributed by atoms with Gasteiger partial charge >= 0.3 is 0 Å². The van der Waals surface area contributed by atoms with E-state index < -0.39 is 0 Å². The Bertz CT molecular complexity index is 1440. The van der Waals surface area contributed by atoms with Crippen molar-refractivity contribution in [1.29, 1.82) is 0 Å². The monoisotopic (exact) mass is 516 g/mol. The summed E-state index contributed by atoms with van der Waals surface area (Å²) in [6, 6.07) is 8.15. The minimum Gasteiger partial charge on any atom is -0.495 e. The maximum atomic E-state index is 5.96. The lowest BCUT2D eigenvalue weighted by Gasteiger charge is -2.36. The number of anilines is 4. The van der Waals surface area contributed by atoms with E-state index in [2.05, 4.69) is 50.6 Å². The van der Waals surface area contributed by atoms with Crippen molar-refractivity contribution < 1.29 is 14.2 Å². The van der Waals surface area contributed by atoms with E-state index in [1.165, 1.54) is 0 Å². The van der Waals surface area contributed by atoms with Crippen molar-refractivity contribution in [2.75, 3.05) is 76.1 Å². The molecule has 2 aliphatic rings. The Morgan fingerprint density at radius 1 is 1.21 bits per heavy atom. The second kappa shape index (κ2) is 10.3. The lowest BCUT2D eigenvalue weighted by molar-refractivity contribution is 0.0246.